The Labute approximate surface area is 169 Å². The second kappa shape index (κ2) is 11.5. The Morgan fingerprint density at radius 1 is 0.897 bits per heavy atom. The number of carbonyl (C=O) groups is 3. The number of hydrogen-bond donors (Lipinski definition) is 0. The first-order chi connectivity index (χ1) is 13.9. The second-order valence-electron chi connectivity index (χ2n) is 6.49. The van der Waals surface area contributed by atoms with Crippen LogP contribution in [0.5, 0.6) is 0 Å². The van der Waals surface area contributed by atoms with Crippen LogP contribution in [0.4, 0.5) is 0 Å². The number of epoxide rings is 3. The molecule has 3 heterocycles. The Hall–Kier alpha value is -2.49. The molecular weight excluding hydrogens is 384 g/mol. The first kappa shape index (κ1) is 22.8. The summed E-state index contributed by atoms with van der Waals surface area (Å²) in [6.07, 6.45) is 4.76. The van der Waals surface area contributed by atoms with Gasteiger partial charge in [0, 0.05) is 6.92 Å². The zero-order valence-electron chi connectivity index (χ0n) is 16.6. The van der Waals surface area contributed by atoms with E-state index in [-0.39, 0.29) is 48.6 Å². The van der Waals surface area contributed by atoms with E-state index in [1.807, 2.05) is 0 Å². The highest BCUT2D eigenvalue weighted by atomic mass is 16.6. The summed E-state index contributed by atoms with van der Waals surface area (Å²) in [5, 5.41) is 0. The van der Waals surface area contributed by atoms with Gasteiger partial charge in [-0.15, -0.1) is 0 Å². The van der Waals surface area contributed by atoms with Gasteiger partial charge in [-0.05, 0) is 13.0 Å². The zero-order chi connectivity index (χ0) is 21.2. The fourth-order valence-corrected chi connectivity index (χ4v) is 1.82. The van der Waals surface area contributed by atoms with Crippen molar-refractivity contribution in [2.24, 2.45) is 0 Å². The zero-order valence-corrected chi connectivity index (χ0v) is 16.6. The van der Waals surface area contributed by atoms with Crippen LogP contribution in [0.1, 0.15) is 13.8 Å². The lowest BCUT2D eigenvalue weighted by atomic mass is 10.1. The lowest BCUT2D eigenvalue weighted by molar-refractivity contribution is -0.141. The summed E-state index contributed by atoms with van der Waals surface area (Å²) in [7, 11) is 0. The average Bonchev–Trinajstić information content (AvgIpc) is 3.56. The van der Waals surface area contributed by atoms with Crippen LogP contribution < -0.4 is 0 Å². The SMILES string of the molecule is C=C(/C=C(\C=C/C)C(=O)OCC1CO1)C(=O)OCC1CO1.CC(=O)OCC1CO1. The van der Waals surface area contributed by atoms with Crippen LogP contribution in [0.3, 0.4) is 0 Å². The van der Waals surface area contributed by atoms with Crippen LogP contribution in [0.2, 0.25) is 0 Å². The minimum absolute atomic E-state index is 0.00693. The topological polar surface area (TPSA) is 116 Å². The number of allylic oxidation sites excluding steroid dienone is 1. The van der Waals surface area contributed by atoms with Crippen molar-refractivity contribution in [1.29, 1.82) is 0 Å². The molecular formula is C20H26O9. The van der Waals surface area contributed by atoms with E-state index < -0.39 is 11.9 Å². The van der Waals surface area contributed by atoms with Crippen LogP contribution >= 0.6 is 0 Å². The Bertz CT molecular complexity index is 667. The molecule has 3 aliphatic heterocycles. The molecule has 9 nitrogen and oxygen atoms in total. The van der Waals surface area contributed by atoms with E-state index in [9.17, 15) is 14.4 Å². The predicted octanol–water partition coefficient (Wildman–Crippen LogP) is 0.877. The normalized spacial score (nSPS) is 24.1. The van der Waals surface area contributed by atoms with Crippen molar-refractivity contribution >= 4 is 17.9 Å². The van der Waals surface area contributed by atoms with Gasteiger partial charge in [-0.2, -0.15) is 0 Å². The molecule has 3 fully saturated rings. The molecule has 0 radical (unpaired) electrons. The van der Waals surface area contributed by atoms with Gasteiger partial charge in [0.1, 0.15) is 38.1 Å². The number of esters is 3. The molecule has 0 aromatic rings. The van der Waals surface area contributed by atoms with E-state index in [1.165, 1.54) is 13.0 Å². The molecule has 29 heavy (non-hydrogen) atoms. The van der Waals surface area contributed by atoms with E-state index in [0.717, 1.165) is 6.61 Å². The van der Waals surface area contributed by atoms with Gasteiger partial charge in [-0.1, -0.05) is 18.7 Å². The van der Waals surface area contributed by atoms with Crippen molar-refractivity contribution in [2.75, 3.05) is 39.6 Å². The van der Waals surface area contributed by atoms with E-state index in [4.69, 9.17) is 23.7 Å². The van der Waals surface area contributed by atoms with Crippen molar-refractivity contribution in [3.05, 3.63) is 36.0 Å². The summed E-state index contributed by atoms with van der Waals surface area (Å²) in [6, 6.07) is 0. The molecule has 0 N–H and O–H groups in total. The summed E-state index contributed by atoms with van der Waals surface area (Å²) in [4.78, 5) is 33.7. The molecule has 0 aliphatic carbocycles. The van der Waals surface area contributed by atoms with E-state index in [0.29, 0.717) is 19.8 Å². The molecule has 3 aliphatic rings. The minimum Gasteiger partial charge on any atom is -0.463 e. The van der Waals surface area contributed by atoms with Gasteiger partial charge in [0.25, 0.3) is 0 Å². The number of hydrogen-bond acceptors (Lipinski definition) is 9. The lowest BCUT2D eigenvalue weighted by Crippen LogP contribution is -2.14. The van der Waals surface area contributed by atoms with E-state index in [2.05, 4.69) is 11.3 Å². The summed E-state index contributed by atoms with van der Waals surface area (Å²) >= 11 is 0. The average molecular weight is 410 g/mol. The quantitative estimate of drug-likeness (QED) is 0.170. The van der Waals surface area contributed by atoms with Crippen molar-refractivity contribution < 1.29 is 42.8 Å². The Balaban J connectivity index is 0.000000313. The maximum atomic E-state index is 11.9. The molecule has 3 unspecified atom stereocenters. The standard InChI is InChI=1S/C15H18O6.C5H8O3/c1-3-4-11(15(17)21-9-13-7-19-13)5-10(2)14(16)20-8-12-6-18-12;1-4(6)7-2-5-3-8-5/h3-5,12-13H,2,6-9H2,1H3;5H,2-3H2,1H3/b4-3-,11-5+;. The van der Waals surface area contributed by atoms with Crippen LogP contribution in [0.15, 0.2) is 36.0 Å². The molecule has 3 saturated heterocycles. The Morgan fingerprint density at radius 3 is 1.76 bits per heavy atom. The first-order valence-electron chi connectivity index (χ1n) is 9.24. The van der Waals surface area contributed by atoms with Gasteiger partial charge in [0.15, 0.2) is 0 Å². The van der Waals surface area contributed by atoms with Gasteiger partial charge in [-0.3, -0.25) is 4.79 Å². The maximum Gasteiger partial charge on any atom is 0.338 e. The van der Waals surface area contributed by atoms with Crippen LogP contribution in [-0.2, 0) is 42.8 Å². The Kier molecular flexibility index (Phi) is 9.04. The van der Waals surface area contributed by atoms with Crippen molar-refractivity contribution in [1.82, 2.24) is 0 Å². The highest BCUT2D eigenvalue weighted by molar-refractivity contribution is 5.97. The second-order valence-corrected chi connectivity index (χ2v) is 6.49. The van der Waals surface area contributed by atoms with E-state index >= 15 is 0 Å². The molecule has 3 rings (SSSR count). The van der Waals surface area contributed by atoms with Crippen molar-refractivity contribution in [2.45, 2.75) is 32.2 Å². The smallest absolute Gasteiger partial charge is 0.338 e. The Morgan fingerprint density at radius 2 is 1.34 bits per heavy atom. The molecule has 160 valence electrons. The van der Waals surface area contributed by atoms with Crippen molar-refractivity contribution in [3.63, 3.8) is 0 Å². The highest BCUT2D eigenvalue weighted by Crippen LogP contribution is 2.13. The number of rotatable bonds is 10. The van der Waals surface area contributed by atoms with Gasteiger partial charge in [-0.25, -0.2) is 9.59 Å². The van der Waals surface area contributed by atoms with Crippen LogP contribution in [0, 0.1) is 0 Å². The van der Waals surface area contributed by atoms with Crippen LogP contribution in [0.25, 0.3) is 0 Å². The van der Waals surface area contributed by atoms with Gasteiger partial charge in [0.05, 0.1) is 31.0 Å². The third kappa shape index (κ3) is 10.6. The van der Waals surface area contributed by atoms with Gasteiger partial charge in [0.2, 0.25) is 0 Å². The minimum atomic E-state index is -0.578. The third-order valence-corrected chi connectivity index (χ3v) is 3.65. The highest BCUT2D eigenvalue weighted by Gasteiger charge is 2.26. The van der Waals surface area contributed by atoms with E-state index in [1.54, 1.807) is 19.1 Å². The molecule has 0 aromatic heterocycles. The molecule has 0 aromatic carbocycles. The largest absolute Gasteiger partial charge is 0.463 e. The molecule has 3 atom stereocenters. The fraction of sp³-hybridized carbons (Fsp3) is 0.550. The van der Waals surface area contributed by atoms with Gasteiger partial charge >= 0.3 is 17.9 Å². The molecule has 0 spiro atoms. The number of ether oxygens (including phenoxy) is 6. The molecule has 0 saturated carbocycles. The van der Waals surface area contributed by atoms with Crippen LogP contribution in [-0.4, -0.2) is 75.9 Å². The molecule has 9 heteroatoms. The predicted molar refractivity (Wildman–Crippen MR) is 99.8 cm³/mol. The molecule has 0 amide bonds. The molecule has 0 bridgehead atoms. The summed E-state index contributed by atoms with van der Waals surface area (Å²) < 4.78 is 29.3. The summed E-state index contributed by atoms with van der Waals surface area (Å²) in [5.74, 6) is -1.34. The van der Waals surface area contributed by atoms with Crippen molar-refractivity contribution in [3.8, 4) is 0 Å². The third-order valence-electron chi connectivity index (χ3n) is 3.65. The summed E-state index contributed by atoms with van der Waals surface area (Å²) in [6.45, 7) is 9.56. The monoisotopic (exact) mass is 410 g/mol. The maximum absolute atomic E-state index is 11.9. The van der Waals surface area contributed by atoms with Gasteiger partial charge < -0.3 is 28.4 Å². The summed E-state index contributed by atoms with van der Waals surface area (Å²) in [5.41, 5.74) is 0.325. The lowest BCUT2D eigenvalue weighted by Gasteiger charge is -2.05. The number of carbonyl (C=O) groups excluding carboxylic acids is 3. The first-order valence-corrected chi connectivity index (χ1v) is 9.24. The fourth-order valence-electron chi connectivity index (χ4n) is 1.82.